The molecular weight excluding hydrogens is 283 g/mol. The van der Waals surface area contributed by atoms with Crippen LogP contribution in [0, 0.1) is 11.2 Å². The molecule has 1 aromatic rings. The smallest absolute Gasteiger partial charge is 0.317 e. The van der Waals surface area contributed by atoms with Gasteiger partial charge in [0.15, 0.2) is 0 Å². The lowest BCUT2D eigenvalue weighted by molar-refractivity contribution is -0.108. The molecule has 20 heavy (non-hydrogen) atoms. The molecule has 0 unspecified atom stereocenters. The number of nitrogens with one attached hydrogen (secondary N) is 1. The van der Waals surface area contributed by atoms with Crippen molar-refractivity contribution in [3.63, 3.8) is 0 Å². The number of benzene rings is 1. The lowest BCUT2D eigenvalue weighted by Gasteiger charge is -2.40. The summed E-state index contributed by atoms with van der Waals surface area (Å²) in [5.41, 5.74) is 0.394. The molecule has 1 fully saturated rings. The summed E-state index contributed by atoms with van der Waals surface area (Å²) in [6, 6.07) is 4.50. The first kappa shape index (κ1) is 15.1. The fourth-order valence-corrected chi connectivity index (χ4v) is 2.37. The summed E-state index contributed by atoms with van der Waals surface area (Å²) in [5.74, 6) is -0.489. The number of hydrogen-bond acceptors (Lipinski definition) is 2. The predicted molar refractivity (Wildman–Crippen MR) is 75.2 cm³/mol. The van der Waals surface area contributed by atoms with Crippen molar-refractivity contribution in [1.82, 2.24) is 10.2 Å². The molecule has 1 heterocycles. The maximum Gasteiger partial charge on any atom is 0.317 e. The topological polar surface area (TPSA) is 41.6 Å². The quantitative estimate of drug-likeness (QED) is 0.929. The second-order valence-corrected chi connectivity index (χ2v) is 5.94. The number of carbonyl (C=O) groups excluding carboxylic acids is 1. The zero-order valence-corrected chi connectivity index (χ0v) is 12.3. The molecule has 1 saturated heterocycles. The summed E-state index contributed by atoms with van der Waals surface area (Å²) in [4.78, 5) is 13.5. The minimum absolute atomic E-state index is 0.0212. The molecule has 1 N–H and O–H groups in total. The van der Waals surface area contributed by atoms with Crippen LogP contribution in [-0.4, -0.2) is 37.7 Å². The van der Waals surface area contributed by atoms with Gasteiger partial charge in [-0.15, -0.1) is 0 Å². The van der Waals surface area contributed by atoms with E-state index >= 15 is 0 Å². The predicted octanol–water partition coefficient (Wildman–Crippen LogP) is 2.66. The van der Waals surface area contributed by atoms with E-state index < -0.39 is 5.82 Å². The lowest BCUT2D eigenvalue weighted by atomic mass is 9.88. The van der Waals surface area contributed by atoms with E-state index in [4.69, 9.17) is 16.3 Å². The monoisotopic (exact) mass is 300 g/mol. The summed E-state index contributed by atoms with van der Waals surface area (Å²) in [6.45, 7) is 4.11. The van der Waals surface area contributed by atoms with E-state index in [2.05, 4.69) is 12.2 Å². The van der Waals surface area contributed by atoms with Gasteiger partial charge in [-0.3, -0.25) is 0 Å². The van der Waals surface area contributed by atoms with Gasteiger partial charge in [0.05, 0.1) is 18.2 Å². The third kappa shape index (κ3) is 3.41. The fourth-order valence-electron chi connectivity index (χ4n) is 2.18. The van der Waals surface area contributed by atoms with Crippen LogP contribution in [0.5, 0.6) is 0 Å². The number of hydrogen-bond donors (Lipinski definition) is 1. The summed E-state index contributed by atoms with van der Waals surface area (Å²) < 4.78 is 18.8. The SMILES string of the molecule is CN(CC1(C)COC1)C(=O)NCc1cccc(Cl)c1F. The van der Waals surface area contributed by atoms with E-state index in [1.165, 1.54) is 6.07 Å². The third-order valence-electron chi connectivity index (χ3n) is 3.33. The molecule has 4 nitrogen and oxygen atoms in total. The van der Waals surface area contributed by atoms with Crippen molar-refractivity contribution >= 4 is 17.6 Å². The van der Waals surface area contributed by atoms with Crippen LogP contribution in [0.15, 0.2) is 18.2 Å². The average molecular weight is 301 g/mol. The molecule has 0 atom stereocenters. The Morgan fingerprint density at radius 2 is 2.25 bits per heavy atom. The molecule has 0 aromatic heterocycles. The van der Waals surface area contributed by atoms with Crippen LogP contribution in [0.4, 0.5) is 9.18 Å². The highest BCUT2D eigenvalue weighted by Crippen LogP contribution is 2.27. The highest BCUT2D eigenvalue weighted by molar-refractivity contribution is 6.30. The van der Waals surface area contributed by atoms with E-state index in [0.717, 1.165) is 0 Å². The minimum atomic E-state index is -0.489. The highest BCUT2D eigenvalue weighted by Gasteiger charge is 2.35. The Labute approximate surface area is 122 Å². The number of nitrogens with zero attached hydrogens (tertiary/aromatic N) is 1. The zero-order chi connectivity index (χ0) is 14.8. The Morgan fingerprint density at radius 1 is 1.55 bits per heavy atom. The molecule has 110 valence electrons. The van der Waals surface area contributed by atoms with Gasteiger partial charge in [0.1, 0.15) is 5.82 Å². The van der Waals surface area contributed by atoms with Gasteiger partial charge >= 0.3 is 6.03 Å². The Morgan fingerprint density at radius 3 is 2.85 bits per heavy atom. The number of halogens is 2. The van der Waals surface area contributed by atoms with Crippen LogP contribution in [0.2, 0.25) is 5.02 Å². The Bertz CT molecular complexity index is 506. The summed E-state index contributed by atoms with van der Waals surface area (Å²) in [6.07, 6.45) is 0. The van der Waals surface area contributed by atoms with Crippen LogP contribution >= 0.6 is 11.6 Å². The number of amides is 2. The van der Waals surface area contributed by atoms with Gasteiger partial charge in [-0.25, -0.2) is 9.18 Å². The molecule has 6 heteroatoms. The van der Waals surface area contributed by atoms with Crippen molar-refractivity contribution in [3.05, 3.63) is 34.6 Å². The van der Waals surface area contributed by atoms with Crippen molar-refractivity contribution in [1.29, 1.82) is 0 Å². The van der Waals surface area contributed by atoms with Crippen LogP contribution in [0.25, 0.3) is 0 Å². The van der Waals surface area contributed by atoms with Crippen molar-refractivity contribution < 1.29 is 13.9 Å². The maximum atomic E-state index is 13.7. The van der Waals surface area contributed by atoms with Crippen molar-refractivity contribution in [2.45, 2.75) is 13.5 Å². The first-order chi connectivity index (χ1) is 9.41. The summed E-state index contributed by atoms with van der Waals surface area (Å²) in [5, 5.41) is 2.74. The Balaban J connectivity index is 1.86. The number of rotatable bonds is 4. The van der Waals surface area contributed by atoms with E-state index in [0.29, 0.717) is 25.3 Å². The van der Waals surface area contributed by atoms with Crippen LogP contribution in [0.3, 0.4) is 0 Å². The van der Waals surface area contributed by atoms with E-state index in [9.17, 15) is 9.18 Å². The molecule has 0 spiro atoms. The van der Waals surface area contributed by atoms with E-state index in [1.807, 2.05) is 0 Å². The largest absolute Gasteiger partial charge is 0.380 e. The molecule has 0 radical (unpaired) electrons. The van der Waals surface area contributed by atoms with Gasteiger partial charge in [-0.2, -0.15) is 0 Å². The second kappa shape index (κ2) is 5.97. The van der Waals surface area contributed by atoms with E-state index in [-0.39, 0.29) is 23.0 Å². The summed E-state index contributed by atoms with van der Waals surface area (Å²) >= 11 is 5.69. The molecule has 0 saturated carbocycles. The first-order valence-corrected chi connectivity index (χ1v) is 6.79. The normalized spacial score (nSPS) is 16.4. The van der Waals surface area contributed by atoms with Crippen LogP contribution < -0.4 is 5.32 Å². The number of carbonyl (C=O) groups is 1. The summed E-state index contributed by atoms with van der Waals surface area (Å²) in [7, 11) is 1.72. The Hall–Kier alpha value is -1.33. The molecule has 2 amide bonds. The van der Waals surface area contributed by atoms with Gasteiger partial charge < -0.3 is 15.0 Å². The van der Waals surface area contributed by atoms with Gasteiger partial charge in [-0.05, 0) is 6.07 Å². The fraction of sp³-hybridized carbons (Fsp3) is 0.500. The third-order valence-corrected chi connectivity index (χ3v) is 3.62. The van der Waals surface area contributed by atoms with Gasteiger partial charge in [0, 0.05) is 31.1 Å². The standard InChI is InChI=1S/C14H18ClFN2O2/c1-14(8-20-9-14)7-18(2)13(19)17-6-10-4-3-5-11(15)12(10)16/h3-5H,6-9H2,1-2H3,(H,17,19). The van der Waals surface area contributed by atoms with E-state index in [1.54, 1.807) is 24.1 Å². The lowest BCUT2D eigenvalue weighted by Crippen LogP contribution is -2.51. The average Bonchev–Trinajstić information content (AvgIpc) is 2.38. The van der Waals surface area contributed by atoms with Crippen LogP contribution in [0.1, 0.15) is 12.5 Å². The van der Waals surface area contributed by atoms with Crippen LogP contribution in [-0.2, 0) is 11.3 Å². The van der Waals surface area contributed by atoms with Gasteiger partial charge in [-0.1, -0.05) is 30.7 Å². The zero-order valence-electron chi connectivity index (χ0n) is 11.6. The first-order valence-electron chi connectivity index (χ1n) is 6.41. The molecule has 0 bridgehead atoms. The molecule has 0 aliphatic carbocycles. The van der Waals surface area contributed by atoms with Crippen molar-refractivity contribution in [3.8, 4) is 0 Å². The van der Waals surface area contributed by atoms with Gasteiger partial charge in [0.25, 0.3) is 0 Å². The van der Waals surface area contributed by atoms with Gasteiger partial charge in [0.2, 0.25) is 0 Å². The number of ether oxygens (including phenoxy) is 1. The number of urea groups is 1. The van der Waals surface area contributed by atoms with Crippen molar-refractivity contribution in [2.24, 2.45) is 5.41 Å². The molecule has 2 rings (SSSR count). The van der Waals surface area contributed by atoms with Crippen molar-refractivity contribution in [2.75, 3.05) is 26.8 Å². The maximum absolute atomic E-state index is 13.7. The molecule has 1 aliphatic rings. The molecule has 1 aliphatic heterocycles. The highest BCUT2D eigenvalue weighted by atomic mass is 35.5. The molecular formula is C14H18ClFN2O2. The molecule has 1 aromatic carbocycles. The Kier molecular flexibility index (Phi) is 4.50. The second-order valence-electron chi connectivity index (χ2n) is 5.53. The minimum Gasteiger partial charge on any atom is -0.380 e.